The number of rotatable bonds is 21. The van der Waals surface area contributed by atoms with Crippen molar-refractivity contribution in [1.29, 1.82) is 5.26 Å². The fraction of sp³-hybridized carbons (Fsp3) is 0.481. The van der Waals surface area contributed by atoms with Gasteiger partial charge in [-0.2, -0.15) is 18.4 Å². The van der Waals surface area contributed by atoms with Crippen LogP contribution in [0.2, 0.25) is 0 Å². The van der Waals surface area contributed by atoms with Gasteiger partial charge in [0.25, 0.3) is 5.91 Å². The standard InChI is InChI=1S/C52H61F4N7O7S2/c1-32(34-14-16-35(17-15-34)44-33(2)58-31-72-44)59-46(65)41-13-12-22-61(41)47(66)45(50(3,4)5)60-43(64)30-69-25-9-8-23-68-24-10-11-26-70-42-21-20-38(28-40(42)53)63-49(71)62(48(67)51(63,6)7)37-19-18-36(29-57)39(27-37)52(54,55)56/h14-21,27-28,31-32,41,45H,8-13,22-26,30H2,1-7H3,(H,59,65)(H,60,64)/t32-,41-,45?/m0/s1. The van der Waals surface area contributed by atoms with E-state index in [1.807, 2.05) is 64.4 Å². The lowest BCUT2D eigenvalue weighted by Gasteiger charge is -2.35. The van der Waals surface area contributed by atoms with Crippen LogP contribution < -0.4 is 25.2 Å². The maximum absolute atomic E-state index is 15.3. The lowest BCUT2D eigenvalue weighted by atomic mass is 9.85. The quantitative estimate of drug-likeness (QED) is 0.0464. The number of aryl methyl sites for hydroxylation is 1. The van der Waals surface area contributed by atoms with E-state index in [-0.39, 0.29) is 53.3 Å². The van der Waals surface area contributed by atoms with E-state index in [0.717, 1.165) is 38.7 Å². The minimum atomic E-state index is -4.85. The molecular formula is C52H61F4N7O7S2. The van der Waals surface area contributed by atoms with Gasteiger partial charge in [-0.15, -0.1) is 11.3 Å². The molecule has 2 N–H and O–H groups in total. The molecule has 0 radical (unpaired) electrons. The normalized spacial score (nSPS) is 16.7. The van der Waals surface area contributed by atoms with Gasteiger partial charge < -0.3 is 34.6 Å². The van der Waals surface area contributed by atoms with Crippen molar-refractivity contribution in [2.75, 3.05) is 49.4 Å². The first kappa shape index (κ1) is 55.3. The molecule has 3 heterocycles. The monoisotopic (exact) mass is 1040 g/mol. The number of aromatic nitrogens is 1. The highest BCUT2D eigenvalue weighted by Crippen LogP contribution is 2.41. The second kappa shape index (κ2) is 23.7. The number of nitriles is 1. The number of nitrogens with one attached hydrogen (secondary N) is 2. The van der Waals surface area contributed by atoms with E-state index in [2.05, 4.69) is 15.6 Å². The molecule has 3 atom stereocenters. The molecule has 2 aliphatic rings. The molecule has 4 amide bonds. The molecule has 0 spiro atoms. The predicted octanol–water partition coefficient (Wildman–Crippen LogP) is 9.44. The number of ether oxygens (including phenoxy) is 3. The van der Waals surface area contributed by atoms with Gasteiger partial charge in [-0.3, -0.25) is 24.1 Å². The molecule has 0 aliphatic carbocycles. The van der Waals surface area contributed by atoms with E-state index in [0.29, 0.717) is 71.0 Å². The zero-order chi connectivity index (χ0) is 52.5. The number of nitrogens with zero attached hydrogens (tertiary/aromatic N) is 5. The van der Waals surface area contributed by atoms with Gasteiger partial charge in [-0.05, 0) is 125 Å². The van der Waals surface area contributed by atoms with Gasteiger partial charge in [-0.25, -0.2) is 9.37 Å². The Morgan fingerprint density at radius 2 is 1.60 bits per heavy atom. The Morgan fingerprint density at radius 3 is 2.21 bits per heavy atom. The highest BCUT2D eigenvalue weighted by molar-refractivity contribution is 7.81. The molecule has 2 saturated heterocycles. The summed E-state index contributed by atoms with van der Waals surface area (Å²) in [5.74, 6) is -2.36. The number of hydrogen-bond acceptors (Lipinski definition) is 11. The van der Waals surface area contributed by atoms with Crippen LogP contribution in [0.1, 0.15) is 108 Å². The smallest absolute Gasteiger partial charge is 0.417 e. The first-order valence-electron chi connectivity index (χ1n) is 23.8. The van der Waals surface area contributed by atoms with Gasteiger partial charge in [-0.1, -0.05) is 45.0 Å². The van der Waals surface area contributed by atoms with Crippen molar-refractivity contribution >= 4 is 63.7 Å². The van der Waals surface area contributed by atoms with E-state index in [9.17, 15) is 37.6 Å². The van der Waals surface area contributed by atoms with Crippen molar-refractivity contribution in [2.45, 2.75) is 117 Å². The molecule has 2 fully saturated rings. The Hall–Kier alpha value is -6.01. The fourth-order valence-electron chi connectivity index (χ4n) is 8.58. The third kappa shape index (κ3) is 13.1. The molecule has 3 aromatic carbocycles. The summed E-state index contributed by atoms with van der Waals surface area (Å²) in [6.45, 7) is 14.1. The van der Waals surface area contributed by atoms with Crippen LogP contribution in [-0.4, -0.2) is 95.8 Å². The lowest BCUT2D eigenvalue weighted by molar-refractivity contribution is -0.144. The molecule has 0 bridgehead atoms. The van der Waals surface area contributed by atoms with E-state index < -0.39 is 58.0 Å². The van der Waals surface area contributed by atoms with E-state index >= 15 is 4.39 Å². The average molecular weight is 1040 g/mol. The SMILES string of the molecule is Cc1ncsc1-c1ccc([C@H](C)NC(=O)[C@@H]2CCCN2C(=O)C(NC(=O)COCCCCOCCCCOc2ccc(N3C(=S)N(c4ccc(C#N)c(C(F)(F)F)c4)C(=O)C3(C)C)cc2F)C(C)(C)C)cc1. The van der Waals surface area contributed by atoms with Crippen LogP contribution in [0.15, 0.2) is 66.2 Å². The third-order valence-electron chi connectivity index (χ3n) is 12.6. The summed E-state index contributed by atoms with van der Waals surface area (Å²) in [5, 5.41) is 15.0. The number of alkyl halides is 3. The molecule has 0 saturated carbocycles. The van der Waals surface area contributed by atoms with Gasteiger partial charge in [0.05, 0.1) is 51.6 Å². The summed E-state index contributed by atoms with van der Waals surface area (Å²) in [5.41, 5.74) is 0.976. The summed E-state index contributed by atoms with van der Waals surface area (Å²) >= 11 is 7.13. The number of thiazole rings is 1. The van der Waals surface area contributed by atoms with Crippen molar-refractivity contribution in [1.82, 2.24) is 20.5 Å². The number of halogens is 4. The maximum atomic E-state index is 15.3. The second-order valence-corrected chi connectivity index (χ2v) is 20.6. The highest BCUT2D eigenvalue weighted by Gasteiger charge is 2.51. The molecule has 6 rings (SSSR count). The van der Waals surface area contributed by atoms with Crippen molar-refractivity contribution in [3.8, 4) is 22.3 Å². The second-order valence-electron chi connectivity index (χ2n) is 19.4. The summed E-state index contributed by atoms with van der Waals surface area (Å²) in [4.78, 5) is 63.5. The maximum Gasteiger partial charge on any atom is 0.417 e. The van der Waals surface area contributed by atoms with Crippen LogP contribution in [0.3, 0.4) is 0 Å². The summed E-state index contributed by atoms with van der Waals surface area (Å²) in [6, 6.07) is 14.6. The molecular weight excluding hydrogens is 975 g/mol. The number of likely N-dealkylation sites (tertiary alicyclic amines) is 1. The van der Waals surface area contributed by atoms with E-state index in [4.69, 9.17) is 26.4 Å². The zero-order valence-electron chi connectivity index (χ0n) is 41.5. The van der Waals surface area contributed by atoms with Crippen molar-refractivity contribution in [2.24, 2.45) is 5.41 Å². The Kier molecular flexibility index (Phi) is 18.2. The largest absolute Gasteiger partial charge is 0.491 e. The van der Waals surface area contributed by atoms with Gasteiger partial charge in [0.1, 0.15) is 24.2 Å². The van der Waals surface area contributed by atoms with E-state index in [1.165, 1.54) is 43.0 Å². The van der Waals surface area contributed by atoms with Crippen LogP contribution in [0, 0.1) is 29.5 Å². The average Bonchev–Trinajstić information content (AvgIpc) is 4.04. The molecule has 1 unspecified atom stereocenters. The number of amides is 4. The number of anilines is 2. The summed E-state index contributed by atoms with van der Waals surface area (Å²) < 4.78 is 73.5. The topological polar surface area (TPSA) is 166 Å². The Morgan fingerprint density at radius 1 is 0.944 bits per heavy atom. The van der Waals surface area contributed by atoms with Crippen LogP contribution in [0.4, 0.5) is 28.9 Å². The minimum absolute atomic E-state index is 0.0336. The number of carbonyl (C=O) groups excluding carboxylic acids is 4. The number of benzene rings is 3. The molecule has 386 valence electrons. The van der Waals surface area contributed by atoms with Gasteiger partial charge in [0.15, 0.2) is 16.7 Å². The predicted molar refractivity (Wildman–Crippen MR) is 270 cm³/mol. The van der Waals surface area contributed by atoms with Crippen LogP contribution >= 0.6 is 23.6 Å². The minimum Gasteiger partial charge on any atom is -0.491 e. The Labute approximate surface area is 427 Å². The molecule has 1 aromatic heterocycles. The number of unbranched alkanes of at least 4 members (excludes halogenated alkanes) is 2. The molecule has 20 heteroatoms. The molecule has 2 aliphatic heterocycles. The Balaban J connectivity index is 0.862. The number of carbonyl (C=O) groups is 4. The first-order valence-corrected chi connectivity index (χ1v) is 25.1. The van der Waals surface area contributed by atoms with Crippen LogP contribution in [0.5, 0.6) is 5.75 Å². The van der Waals surface area contributed by atoms with E-state index in [1.54, 1.807) is 16.2 Å². The summed E-state index contributed by atoms with van der Waals surface area (Å²) in [7, 11) is 0. The van der Waals surface area contributed by atoms with Gasteiger partial charge in [0.2, 0.25) is 17.7 Å². The fourth-order valence-corrected chi connectivity index (χ4v) is 9.92. The summed E-state index contributed by atoms with van der Waals surface area (Å²) in [6.07, 6.45) is -1.15. The first-order chi connectivity index (χ1) is 34.0. The Bertz CT molecular complexity index is 2650. The van der Waals surface area contributed by atoms with Gasteiger partial charge >= 0.3 is 6.18 Å². The highest BCUT2D eigenvalue weighted by atomic mass is 32.1. The van der Waals surface area contributed by atoms with Crippen molar-refractivity contribution < 1.29 is 51.0 Å². The van der Waals surface area contributed by atoms with Crippen LogP contribution in [0.25, 0.3) is 10.4 Å². The molecule has 72 heavy (non-hydrogen) atoms. The number of hydrogen-bond donors (Lipinski definition) is 2. The van der Waals surface area contributed by atoms with Crippen molar-refractivity contribution in [3.63, 3.8) is 0 Å². The molecule has 14 nitrogen and oxygen atoms in total. The number of thiocarbonyl (C=S) groups is 1. The zero-order valence-corrected chi connectivity index (χ0v) is 43.1. The molecule has 4 aromatic rings. The third-order valence-corrected chi connectivity index (χ3v) is 13.9. The van der Waals surface area contributed by atoms with Crippen LogP contribution in [-0.2, 0) is 34.8 Å². The van der Waals surface area contributed by atoms with Gasteiger partial charge in [0, 0.05) is 38.1 Å². The van der Waals surface area contributed by atoms with Crippen molar-refractivity contribution in [3.05, 3.63) is 94.4 Å². The lowest BCUT2D eigenvalue weighted by Crippen LogP contribution is -2.58.